The Kier molecular flexibility index (Phi) is 4.85. The monoisotopic (exact) mass is 240 g/mol. The highest BCUT2D eigenvalue weighted by atomic mass is 32.1. The van der Waals surface area contributed by atoms with E-state index in [1.165, 1.54) is 0 Å². The fourth-order valence-corrected chi connectivity index (χ4v) is 1.38. The Morgan fingerprint density at radius 3 is 2.56 bits per heavy atom. The first kappa shape index (κ1) is 12.6. The maximum atomic E-state index is 5.41. The Balaban J connectivity index is 2.64. The molecule has 16 heavy (non-hydrogen) atoms. The molecule has 0 heterocycles. The molecular formula is C11H16N2O2S. The molecular weight excluding hydrogens is 224 g/mol. The van der Waals surface area contributed by atoms with Gasteiger partial charge in [0.2, 0.25) is 0 Å². The van der Waals surface area contributed by atoms with Gasteiger partial charge in [-0.25, -0.2) is 0 Å². The van der Waals surface area contributed by atoms with Crippen LogP contribution in [0.15, 0.2) is 18.2 Å². The predicted molar refractivity (Wildman–Crippen MR) is 69.4 cm³/mol. The SMILES string of the molecule is COc1ccc(NCCC(N)=S)cc1OC. The number of nitrogens with two attached hydrogens (primary N) is 1. The van der Waals surface area contributed by atoms with Crippen molar-refractivity contribution in [1.82, 2.24) is 0 Å². The largest absolute Gasteiger partial charge is 0.493 e. The van der Waals surface area contributed by atoms with Crippen LogP contribution < -0.4 is 20.5 Å². The topological polar surface area (TPSA) is 56.5 Å². The van der Waals surface area contributed by atoms with Crippen molar-refractivity contribution in [2.75, 3.05) is 26.1 Å². The number of methoxy groups -OCH3 is 2. The van der Waals surface area contributed by atoms with Crippen LogP contribution in [0.2, 0.25) is 0 Å². The molecule has 3 N–H and O–H groups in total. The zero-order chi connectivity index (χ0) is 12.0. The van der Waals surface area contributed by atoms with Crippen LogP contribution in [-0.4, -0.2) is 25.8 Å². The van der Waals surface area contributed by atoms with Gasteiger partial charge in [0.25, 0.3) is 0 Å². The Morgan fingerprint density at radius 1 is 1.31 bits per heavy atom. The van der Waals surface area contributed by atoms with E-state index in [4.69, 9.17) is 27.4 Å². The number of anilines is 1. The first-order chi connectivity index (χ1) is 7.67. The smallest absolute Gasteiger partial charge is 0.162 e. The molecule has 0 amide bonds. The van der Waals surface area contributed by atoms with Crippen LogP contribution >= 0.6 is 12.2 Å². The fourth-order valence-electron chi connectivity index (χ4n) is 1.28. The summed E-state index contributed by atoms with van der Waals surface area (Å²) in [6.07, 6.45) is 0.670. The van der Waals surface area contributed by atoms with E-state index in [0.717, 1.165) is 5.69 Å². The van der Waals surface area contributed by atoms with Crippen LogP contribution in [0.1, 0.15) is 6.42 Å². The molecule has 0 bridgehead atoms. The lowest BCUT2D eigenvalue weighted by Gasteiger charge is -2.10. The van der Waals surface area contributed by atoms with Gasteiger partial charge in [0.05, 0.1) is 19.2 Å². The summed E-state index contributed by atoms with van der Waals surface area (Å²) >= 11 is 4.79. The van der Waals surface area contributed by atoms with Gasteiger partial charge < -0.3 is 20.5 Å². The zero-order valence-electron chi connectivity index (χ0n) is 9.45. The Morgan fingerprint density at radius 2 is 2.00 bits per heavy atom. The van der Waals surface area contributed by atoms with Crippen molar-refractivity contribution in [3.63, 3.8) is 0 Å². The van der Waals surface area contributed by atoms with Crippen molar-refractivity contribution in [3.8, 4) is 11.5 Å². The van der Waals surface area contributed by atoms with Crippen LogP contribution in [0.25, 0.3) is 0 Å². The molecule has 1 rings (SSSR count). The summed E-state index contributed by atoms with van der Waals surface area (Å²) in [6.45, 7) is 0.713. The molecule has 0 unspecified atom stereocenters. The first-order valence-corrected chi connectivity index (χ1v) is 5.32. The number of hydrogen-bond donors (Lipinski definition) is 2. The van der Waals surface area contributed by atoms with Crippen LogP contribution in [-0.2, 0) is 0 Å². The molecule has 88 valence electrons. The number of benzene rings is 1. The zero-order valence-corrected chi connectivity index (χ0v) is 10.3. The van der Waals surface area contributed by atoms with Gasteiger partial charge in [-0.3, -0.25) is 0 Å². The van der Waals surface area contributed by atoms with Crippen LogP contribution in [0.4, 0.5) is 5.69 Å². The molecule has 1 aromatic rings. The van der Waals surface area contributed by atoms with E-state index in [1.54, 1.807) is 14.2 Å². The van der Waals surface area contributed by atoms with Gasteiger partial charge in [0.15, 0.2) is 11.5 Å². The number of ether oxygens (including phenoxy) is 2. The van der Waals surface area contributed by atoms with Crippen molar-refractivity contribution in [1.29, 1.82) is 0 Å². The second kappa shape index (κ2) is 6.17. The summed E-state index contributed by atoms with van der Waals surface area (Å²) in [5.41, 5.74) is 6.36. The Labute approximate surface area is 101 Å². The van der Waals surface area contributed by atoms with Crippen molar-refractivity contribution in [2.24, 2.45) is 5.73 Å². The van der Waals surface area contributed by atoms with Crippen LogP contribution in [0.5, 0.6) is 11.5 Å². The normalized spacial score (nSPS) is 9.62. The summed E-state index contributed by atoms with van der Waals surface area (Å²) in [6, 6.07) is 5.64. The molecule has 0 spiro atoms. The highest BCUT2D eigenvalue weighted by Gasteiger charge is 2.03. The van der Waals surface area contributed by atoms with Gasteiger partial charge in [-0.2, -0.15) is 0 Å². The lowest BCUT2D eigenvalue weighted by Crippen LogP contribution is -2.13. The second-order valence-corrected chi connectivity index (χ2v) is 3.74. The van der Waals surface area contributed by atoms with Crippen molar-refractivity contribution < 1.29 is 9.47 Å². The quantitative estimate of drug-likeness (QED) is 0.742. The maximum absolute atomic E-state index is 5.41. The van der Waals surface area contributed by atoms with E-state index < -0.39 is 0 Å². The number of hydrogen-bond acceptors (Lipinski definition) is 4. The lowest BCUT2D eigenvalue weighted by molar-refractivity contribution is 0.355. The minimum Gasteiger partial charge on any atom is -0.493 e. The Hall–Kier alpha value is -1.49. The molecule has 0 saturated heterocycles. The molecule has 0 saturated carbocycles. The molecule has 1 aromatic carbocycles. The third-order valence-electron chi connectivity index (χ3n) is 2.08. The summed E-state index contributed by atoms with van der Waals surface area (Å²) in [5.74, 6) is 1.41. The van der Waals surface area contributed by atoms with Gasteiger partial charge in [-0.1, -0.05) is 12.2 Å². The van der Waals surface area contributed by atoms with Crippen LogP contribution in [0.3, 0.4) is 0 Å². The maximum Gasteiger partial charge on any atom is 0.162 e. The van der Waals surface area contributed by atoms with E-state index in [1.807, 2.05) is 18.2 Å². The molecule has 0 aromatic heterocycles. The molecule has 0 atom stereocenters. The summed E-state index contributed by atoms with van der Waals surface area (Å²) < 4.78 is 10.3. The molecule has 0 aliphatic rings. The van der Waals surface area contributed by atoms with Crippen molar-refractivity contribution in [2.45, 2.75) is 6.42 Å². The van der Waals surface area contributed by atoms with Gasteiger partial charge in [-0.05, 0) is 12.1 Å². The van der Waals surface area contributed by atoms with Crippen molar-refractivity contribution in [3.05, 3.63) is 18.2 Å². The number of rotatable bonds is 6. The fraction of sp³-hybridized carbons (Fsp3) is 0.364. The highest BCUT2D eigenvalue weighted by molar-refractivity contribution is 7.80. The number of nitrogens with one attached hydrogen (secondary N) is 1. The standard InChI is InChI=1S/C11H16N2O2S/c1-14-9-4-3-8(7-10(9)15-2)13-6-5-11(12)16/h3-4,7,13H,5-6H2,1-2H3,(H2,12,16). The average molecular weight is 240 g/mol. The van der Waals surface area contributed by atoms with E-state index in [2.05, 4.69) is 5.32 Å². The number of thiocarbonyl (C=S) groups is 1. The van der Waals surface area contributed by atoms with Crippen LogP contribution in [0, 0.1) is 0 Å². The minimum absolute atomic E-state index is 0.507. The predicted octanol–water partition coefficient (Wildman–Crippen LogP) is 1.79. The highest BCUT2D eigenvalue weighted by Crippen LogP contribution is 2.29. The lowest BCUT2D eigenvalue weighted by atomic mass is 10.2. The van der Waals surface area contributed by atoms with E-state index in [0.29, 0.717) is 29.5 Å². The minimum atomic E-state index is 0.507. The third-order valence-corrected chi connectivity index (χ3v) is 2.29. The molecule has 0 aliphatic carbocycles. The van der Waals surface area contributed by atoms with Gasteiger partial charge in [0, 0.05) is 24.7 Å². The van der Waals surface area contributed by atoms with Gasteiger partial charge >= 0.3 is 0 Å². The second-order valence-electron chi connectivity index (χ2n) is 3.21. The first-order valence-electron chi connectivity index (χ1n) is 4.91. The van der Waals surface area contributed by atoms with E-state index in [-0.39, 0.29) is 0 Å². The summed E-state index contributed by atoms with van der Waals surface area (Å²) in [5, 5.41) is 3.20. The van der Waals surface area contributed by atoms with E-state index >= 15 is 0 Å². The molecule has 5 heteroatoms. The van der Waals surface area contributed by atoms with Gasteiger partial charge in [-0.15, -0.1) is 0 Å². The third kappa shape index (κ3) is 3.58. The van der Waals surface area contributed by atoms with E-state index in [9.17, 15) is 0 Å². The Bertz CT molecular complexity index is 369. The molecule has 0 aliphatic heterocycles. The summed E-state index contributed by atoms with van der Waals surface area (Å²) in [4.78, 5) is 0.507. The summed E-state index contributed by atoms with van der Waals surface area (Å²) in [7, 11) is 3.22. The molecule has 0 radical (unpaired) electrons. The van der Waals surface area contributed by atoms with Crippen molar-refractivity contribution >= 4 is 22.9 Å². The average Bonchev–Trinajstić information content (AvgIpc) is 2.28. The molecule has 4 nitrogen and oxygen atoms in total. The van der Waals surface area contributed by atoms with Gasteiger partial charge in [0.1, 0.15) is 0 Å². The molecule has 0 fully saturated rings.